The highest BCUT2D eigenvalue weighted by molar-refractivity contribution is 5.75. The van der Waals surface area contributed by atoms with E-state index in [2.05, 4.69) is 0 Å². The zero-order valence-corrected chi connectivity index (χ0v) is 11.9. The molecule has 1 aromatic rings. The highest BCUT2D eigenvalue weighted by Crippen LogP contribution is 2.20. The normalized spacial score (nSPS) is 11.8. The Balaban J connectivity index is 2.92. The number of aliphatic carboxylic acids is 2. The average molecular weight is 280 g/mol. The molecule has 6 heteroatoms. The summed E-state index contributed by atoms with van der Waals surface area (Å²) in [7, 11) is 3.83. The van der Waals surface area contributed by atoms with Crippen LogP contribution in [0.5, 0.6) is 0 Å². The summed E-state index contributed by atoms with van der Waals surface area (Å²) in [5.41, 5.74) is 1.70. The Labute approximate surface area is 118 Å². The van der Waals surface area contributed by atoms with Crippen molar-refractivity contribution in [2.45, 2.75) is 6.92 Å². The second-order valence-electron chi connectivity index (χ2n) is 4.92. The largest absolute Gasteiger partial charge is 0.481 e. The van der Waals surface area contributed by atoms with Gasteiger partial charge in [0.15, 0.2) is 0 Å². The van der Waals surface area contributed by atoms with E-state index in [9.17, 15) is 9.59 Å². The Morgan fingerprint density at radius 2 is 1.60 bits per heavy atom. The number of hydrogen-bond acceptors (Lipinski definition) is 4. The molecular weight excluding hydrogens is 260 g/mol. The molecule has 0 bridgehead atoms. The van der Waals surface area contributed by atoms with E-state index in [4.69, 9.17) is 10.2 Å². The molecule has 0 spiro atoms. The second kappa shape index (κ2) is 6.79. The second-order valence-corrected chi connectivity index (χ2v) is 4.92. The van der Waals surface area contributed by atoms with Crippen molar-refractivity contribution in [3.05, 3.63) is 24.3 Å². The van der Waals surface area contributed by atoms with Gasteiger partial charge >= 0.3 is 11.9 Å². The van der Waals surface area contributed by atoms with Crippen LogP contribution in [0.25, 0.3) is 0 Å². The monoisotopic (exact) mass is 280 g/mol. The molecule has 0 aliphatic heterocycles. The van der Waals surface area contributed by atoms with Gasteiger partial charge in [0.2, 0.25) is 0 Å². The summed E-state index contributed by atoms with van der Waals surface area (Å²) < 4.78 is 0. The van der Waals surface area contributed by atoms with E-state index in [1.807, 2.05) is 31.1 Å². The maximum atomic E-state index is 10.9. The fourth-order valence-corrected chi connectivity index (χ4v) is 1.79. The van der Waals surface area contributed by atoms with Crippen molar-refractivity contribution >= 4 is 23.3 Å². The highest BCUT2D eigenvalue weighted by Gasteiger charge is 2.18. The number of carbonyl (C=O) groups is 2. The zero-order valence-electron chi connectivity index (χ0n) is 11.9. The molecule has 110 valence electrons. The zero-order chi connectivity index (χ0) is 15.3. The minimum atomic E-state index is -0.987. The van der Waals surface area contributed by atoms with Gasteiger partial charge < -0.3 is 20.0 Å². The van der Waals surface area contributed by atoms with Crippen LogP contribution in [-0.2, 0) is 9.59 Å². The van der Waals surface area contributed by atoms with Crippen molar-refractivity contribution in [1.29, 1.82) is 0 Å². The lowest BCUT2D eigenvalue weighted by molar-refractivity contribution is -0.141. The summed E-state index contributed by atoms with van der Waals surface area (Å²) in [4.78, 5) is 25.3. The summed E-state index contributed by atoms with van der Waals surface area (Å²) in [5.74, 6) is -2.56. The molecule has 0 radical (unpaired) electrons. The van der Waals surface area contributed by atoms with E-state index in [0.29, 0.717) is 5.69 Å². The van der Waals surface area contributed by atoms with Crippen LogP contribution in [0.15, 0.2) is 24.3 Å². The van der Waals surface area contributed by atoms with Crippen molar-refractivity contribution in [3.8, 4) is 0 Å². The highest BCUT2D eigenvalue weighted by atomic mass is 16.4. The molecule has 20 heavy (non-hydrogen) atoms. The van der Waals surface area contributed by atoms with Crippen LogP contribution in [0.2, 0.25) is 0 Å². The quantitative estimate of drug-likeness (QED) is 0.785. The molecule has 6 nitrogen and oxygen atoms in total. The Morgan fingerprint density at radius 1 is 1.10 bits per heavy atom. The van der Waals surface area contributed by atoms with Gasteiger partial charge in [0.25, 0.3) is 0 Å². The minimum absolute atomic E-state index is 0.156. The van der Waals surface area contributed by atoms with Crippen LogP contribution < -0.4 is 9.80 Å². The molecule has 1 unspecified atom stereocenters. The van der Waals surface area contributed by atoms with Gasteiger partial charge in [-0.2, -0.15) is 0 Å². The van der Waals surface area contributed by atoms with E-state index in [0.717, 1.165) is 5.69 Å². The third kappa shape index (κ3) is 4.46. The van der Waals surface area contributed by atoms with Gasteiger partial charge in [0.1, 0.15) is 6.54 Å². The Hall–Kier alpha value is -2.24. The topological polar surface area (TPSA) is 81.1 Å². The number of carboxylic acids is 2. The van der Waals surface area contributed by atoms with Gasteiger partial charge in [-0.15, -0.1) is 0 Å². The standard InChI is InChI=1S/C14H20N2O4/c1-10(14(19)20)8-16(9-13(17)18)12-6-4-11(5-7-12)15(2)3/h4-7,10H,8-9H2,1-3H3,(H,17,18)(H,19,20). The molecule has 0 heterocycles. The van der Waals surface area contributed by atoms with Crippen molar-refractivity contribution in [2.75, 3.05) is 37.0 Å². The third-order valence-electron chi connectivity index (χ3n) is 2.97. The smallest absolute Gasteiger partial charge is 0.323 e. The molecule has 1 aromatic carbocycles. The van der Waals surface area contributed by atoms with Crippen LogP contribution in [0.1, 0.15) is 6.92 Å². The average Bonchev–Trinajstić information content (AvgIpc) is 2.37. The summed E-state index contributed by atoms with van der Waals surface area (Å²) in [6.07, 6.45) is 0. The molecule has 0 saturated carbocycles. The lowest BCUT2D eigenvalue weighted by Gasteiger charge is -2.25. The third-order valence-corrected chi connectivity index (χ3v) is 2.97. The van der Waals surface area contributed by atoms with E-state index in [1.165, 1.54) is 0 Å². The first kappa shape index (κ1) is 15.8. The van der Waals surface area contributed by atoms with E-state index < -0.39 is 17.9 Å². The fraction of sp³-hybridized carbons (Fsp3) is 0.429. The summed E-state index contributed by atoms with van der Waals surface area (Å²) in [6.45, 7) is 1.49. The van der Waals surface area contributed by atoms with Crippen molar-refractivity contribution < 1.29 is 19.8 Å². The van der Waals surface area contributed by atoms with Crippen LogP contribution in [0, 0.1) is 5.92 Å². The van der Waals surface area contributed by atoms with Crippen LogP contribution in [-0.4, -0.2) is 49.3 Å². The van der Waals surface area contributed by atoms with E-state index >= 15 is 0 Å². The fourth-order valence-electron chi connectivity index (χ4n) is 1.79. The van der Waals surface area contributed by atoms with Crippen LogP contribution in [0.3, 0.4) is 0 Å². The number of rotatable bonds is 7. The molecule has 2 N–H and O–H groups in total. The lowest BCUT2D eigenvalue weighted by Crippen LogP contribution is -2.35. The van der Waals surface area contributed by atoms with Crippen LogP contribution in [0.4, 0.5) is 11.4 Å². The van der Waals surface area contributed by atoms with E-state index in [-0.39, 0.29) is 13.1 Å². The SMILES string of the molecule is CC(CN(CC(=O)O)c1ccc(N(C)C)cc1)C(=O)O. The maximum Gasteiger partial charge on any atom is 0.323 e. The summed E-state index contributed by atoms with van der Waals surface area (Å²) in [5, 5.41) is 17.9. The van der Waals surface area contributed by atoms with Gasteiger partial charge in [0.05, 0.1) is 5.92 Å². The predicted molar refractivity (Wildman–Crippen MR) is 77.4 cm³/mol. The molecule has 1 rings (SSSR count). The first-order valence-corrected chi connectivity index (χ1v) is 6.28. The van der Waals surface area contributed by atoms with Gasteiger partial charge in [-0.3, -0.25) is 9.59 Å². The first-order valence-electron chi connectivity index (χ1n) is 6.28. The summed E-state index contributed by atoms with van der Waals surface area (Å²) >= 11 is 0. The number of hydrogen-bond donors (Lipinski definition) is 2. The Bertz CT molecular complexity index is 471. The van der Waals surface area contributed by atoms with Gasteiger partial charge in [-0.1, -0.05) is 6.92 Å². The van der Waals surface area contributed by atoms with Crippen molar-refractivity contribution in [3.63, 3.8) is 0 Å². The first-order chi connectivity index (χ1) is 9.31. The number of anilines is 2. The number of carboxylic acid groups (broad SMARTS) is 2. The predicted octanol–water partition coefficient (Wildman–Crippen LogP) is 1.36. The molecule has 0 aromatic heterocycles. The summed E-state index contributed by atoms with van der Waals surface area (Å²) in [6, 6.07) is 7.34. The van der Waals surface area contributed by atoms with Crippen LogP contribution >= 0.6 is 0 Å². The lowest BCUT2D eigenvalue weighted by atomic mass is 10.1. The molecular formula is C14H20N2O4. The van der Waals surface area contributed by atoms with E-state index in [1.54, 1.807) is 24.0 Å². The van der Waals surface area contributed by atoms with Crippen molar-refractivity contribution in [1.82, 2.24) is 0 Å². The van der Waals surface area contributed by atoms with Gasteiger partial charge in [-0.05, 0) is 24.3 Å². The molecule has 0 amide bonds. The van der Waals surface area contributed by atoms with Gasteiger partial charge in [-0.25, -0.2) is 0 Å². The van der Waals surface area contributed by atoms with Gasteiger partial charge in [0, 0.05) is 32.0 Å². The molecule has 1 atom stereocenters. The van der Waals surface area contributed by atoms with Crippen molar-refractivity contribution in [2.24, 2.45) is 5.92 Å². The number of benzene rings is 1. The Morgan fingerprint density at radius 3 is 2.00 bits per heavy atom. The molecule has 0 aliphatic carbocycles. The molecule has 0 fully saturated rings. The maximum absolute atomic E-state index is 10.9. The Kier molecular flexibility index (Phi) is 5.37. The minimum Gasteiger partial charge on any atom is -0.481 e. The molecule has 0 aliphatic rings. The molecule has 0 saturated heterocycles. The number of nitrogens with zero attached hydrogens (tertiary/aromatic N) is 2.